The number of hydrogen-bond donors (Lipinski definition) is 1. The standard InChI is InChI=1S/C20H15N5O4/c1-13-15(12-24(23-13)16-6-8-17(9-7-16)25(27)28)11-21-22-20(26)19-10-14-4-2-3-5-18(14)29-19/h2-12H,1H3,(H,22,26). The zero-order chi connectivity index (χ0) is 20.4. The fourth-order valence-electron chi connectivity index (χ4n) is 2.77. The highest BCUT2D eigenvalue weighted by molar-refractivity contribution is 5.96. The first-order valence-corrected chi connectivity index (χ1v) is 8.64. The van der Waals surface area contributed by atoms with Gasteiger partial charge in [-0.15, -0.1) is 0 Å². The lowest BCUT2D eigenvalue weighted by atomic mass is 10.2. The molecule has 1 amide bonds. The van der Waals surface area contributed by atoms with Gasteiger partial charge in [-0.25, -0.2) is 10.1 Å². The number of aromatic nitrogens is 2. The summed E-state index contributed by atoms with van der Waals surface area (Å²) in [6.45, 7) is 1.80. The molecule has 2 aromatic carbocycles. The van der Waals surface area contributed by atoms with Crippen LogP contribution in [0.2, 0.25) is 0 Å². The molecule has 0 radical (unpaired) electrons. The Morgan fingerprint density at radius 1 is 1.24 bits per heavy atom. The summed E-state index contributed by atoms with van der Waals surface area (Å²) in [7, 11) is 0. The normalized spacial score (nSPS) is 11.2. The monoisotopic (exact) mass is 389 g/mol. The van der Waals surface area contributed by atoms with Crippen LogP contribution in [0.15, 0.2) is 70.3 Å². The molecule has 0 atom stereocenters. The molecule has 29 heavy (non-hydrogen) atoms. The van der Waals surface area contributed by atoms with Crippen LogP contribution in [0.3, 0.4) is 0 Å². The molecule has 2 heterocycles. The topological polar surface area (TPSA) is 116 Å². The molecule has 144 valence electrons. The van der Waals surface area contributed by atoms with E-state index in [0.29, 0.717) is 22.5 Å². The molecule has 0 saturated heterocycles. The number of hydrogen-bond acceptors (Lipinski definition) is 6. The highest BCUT2D eigenvalue weighted by atomic mass is 16.6. The van der Waals surface area contributed by atoms with E-state index >= 15 is 0 Å². The second-order valence-electron chi connectivity index (χ2n) is 6.24. The minimum atomic E-state index is -0.460. The van der Waals surface area contributed by atoms with Gasteiger partial charge in [-0.1, -0.05) is 18.2 Å². The Bertz CT molecular complexity index is 1200. The zero-order valence-electron chi connectivity index (χ0n) is 15.3. The fraction of sp³-hybridized carbons (Fsp3) is 0.0500. The molecule has 0 unspecified atom stereocenters. The summed E-state index contributed by atoms with van der Waals surface area (Å²) in [5.41, 5.74) is 5.11. The molecule has 0 bridgehead atoms. The third kappa shape index (κ3) is 3.74. The van der Waals surface area contributed by atoms with E-state index < -0.39 is 10.8 Å². The Hall–Kier alpha value is -4.27. The number of benzene rings is 2. The number of carbonyl (C=O) groups is 1. The first-order valence-electron chi connectivity index (χ1n) is 8.64. The number of nitrogens with one attached hydrogen (secondary N) is 1. The molecule has 4 aromatic rings. The number of aryl methyl sites for hydroxylation is 1. The quantitative estimate of drug-likeness (QED) is 0.318. The van der Waals surface area contributed by atoms with Crippen LogP contribution in [0, 0.1) is 17.0 Å². The summed E-state index contributed by atoms with van der Waals surface area (Å²) in [6, 6.07) is 15.0. The Morgan fingerprint density at radius 3 is 2.72 bits per heavy atom. The third-order valence-corrected chi connectivity index (χ3v) is 4.28. The molecule has 0 saturated carbocycles. The predicted molar refractivity (Wildman–Crippen MR) is 106 cm³/mol. The molecule has 0 aliphatic carbocycles. The number of rotatable bonds is 5. The Kier molecular flexibility index (Phi) is 4.62. The maximum atomic E-state index is 12.2. The number of para-hydroxylation sites is 1. The van der Waals surface area contributed by atoms with Gasteiger partial charge in [0.15, 0.2) is 5.76 Å². The van der Waals surface area contributed by atoms with Gasteiger partial charge in [-0.05, 0) is 31.2 Å². The van der Waals surface area contributed by atoms with Crippen LogP contribution in [0.25, 0.3) is 16.7 Å². The lowest BCUT2D eigenvalue weighted by Crippen LogP contribution is -2.16. The van der Waals surface area contributed by atoms with Gasteiger partial charge in [0.05, 0.1) is 22.5 Å². The van der Waals surface area contributed by atoms with E-state index in [9.17, 15) is 14.9 Å². The zero-order valence-corrected chi connectivity index (χ0v) is 15.3. The minimum Gasteiger partial charge on any atom is -0.451 e. The first kappa shape index (κ1) is 18.1. The lowest BCUT2D eigenvalue weighted by molar-refractivity contribution is -0.384. The minimum absolute atomic E-state index is 0.00714. The molecule has 1 N–H and O–H groups in total. The largest absolute Gasteiger partial charge is 0.451 e. The SMILES string of the molecule is Cc1nn(-c2ccc([N+](=O)[O-])cc2)cc1C=NNC(=O)c1cc2ccccc2o1. The van der Waals surface area contributed by atoms with Gasteiger partial charge in [0.1, 0.15) is 5.58 Å². The van der Waals surface area contributed by atoms with E-state index in [2.05, 4.69) is 15.6 Å². The molecule has 0 aliphatic rings. The van der Waals surface area contributed by atoms with Gasteiger partial charge in [0.25, 0.3) is 5.69 Å². The maximum absolute atomic E-state index is 12.2. The van der Waals surface area contributed by atoms with Crippen molar-refractivity contribution < 1.29 is 14.1 Å². The van der Waals surface area contributed by atoms with Gasteiger partial charge in [-0.2, -0.15) is 10.2 Å². The third-order valence-electron chi connectivity index (χ3n) is 4.28. The summed E-state index contributed by atoms with van der Waals surface area (Å²) in [5.74, 6) is -0.292. The van der Waals surface area contributed by atoms with Crippen molar-refractivity contribution in [1.82, 2.24) is 15.2 Å². The van der Waals surface area contributed by atoms with E-state index in [1.54, 1.807) is 42.1 Å². The van der Waals surface area contributed by atoms with E-state index in [1.165, 1.54) is 18.3 Å². The molecule has 2 aromatic heterocycles. The molecule has 0 fully saturated rings. The molecule has 9 nitrogen and oxygen atoms in total. The Balaban J connectivity index is 1.47. The number of nitro benzene ring substituents is 1. The number of carbonyl (C=O) groups excluding carboxylic acids is 1. The summed E-state index contributed by atoms with van der Waals surface area (Å²) in [6.07, 6.45) is 3.19. The number of nitro groups is 1. The van der Waals surface area contributed by atoms with Crippen LogP contribution in [-0.2, 0) is 0 Å². The van der Waals surface area contributed by atoms with Crippen molar-refractivity contribution in [2.45, 2.75) is 6.92 Å². The summed E-state index contributed by atoms with van der Waals surface area (Å²) in [5, 5.41) is 19.9. The van der Waals surface area contributed by atoms with Crippen LogP contribution in [0.5, 0.6) is 0 Å². The summed E-state index contributed by atoms with van der Waals surface area (Å²) < 4.78 is 7.08. The van der Waals surface area contributed by atoms with E-state index in [4.69, 9.17) is 4.42 Å². The van der Waals surface area contributed by atoms with Gasteiger partial charge in [0.2, 0.25) is 0 Å². The molecule has 0 aliphatic heterocycles. The number of nitrogens with zero attached hydrogens (tertiary/aromatic N) is 4. The van der Waals surface area contributed by atoms with Crippen molar-refractivity contribution in [2.75, 3.05) is 0 Å². The number of hydrazone groups is 1. The highest BCUT2D eigenvalue weighted by Crippen LogP contribution is 2.19. The van der Waals surface area contributed by atoms with E-state index in [-0.39, 0.29) is 11.4 Å². The molecule has 0 spiro atoms. The van der Waals surface area contributed by atoms with Crippen LogP contribution < -0.4 is 5.43 Å². The van der Waals surface area contributed by atoms with Crippen molar-refractivity contribution in [2.24, 2.45) is 5.10 Å². The van der Waals surface area contributed by atoms with Crippen LogP contribution in [-0.4, -0.2) is 26.8 Å². The van der Waals surface area contributed by atoms with Gasteiger partial charge < -0.3 is 4.42 Å². The first-order chi connectivity index (χ1) is 14.0. The molecule has 4 rings (SSSR count). The van der Waals surface area contributed by atoms with Crippen LogP contribution in [0.1, 0.15) is 21.8 Å². The van der Waals surface area contributed by atoms with Gasteiger partial charge in [0, 0.05) is 29.3 Å². The number of non-ortho nitro benzene ring substituents is 1. The van der Waals surface area contributed by atoms with Crippen molar-refractivity contribution >= 4 is 28.8 Å². The van der Waals surface area contributed by atoms with Crippen LogP contribution >= 0.6 is 0 Å². The summed E-state index contributed by atoms with van der Waals surface area (Å²) in [4.78, 5) is 22.5. The van der Waals surface area contributed by atoms with Crippen molar-refractivity contribution in [1.29, 1.82) is 0 Å². The van der Waals surface area contributed by atoms with Crippen molar-refractivity contribution in [3.8, 4) is 5.69 Å². The summed E-state index contributed by atoms with van der Waals surface area (Å²) >= 11 is 0. The molecular formula is C20H15N5O4. The Morgan fingerprint density at radius 2 is 2.00 bits per heavy atom. The van der Waals surface area contributed by atoms with E-state index in [0.717, 1.165) is 5.39 Å². The van der Waals surface area contributed by atoms with Crippen molar-refractivity contribution in [3.63, 3.8) is 0 Å². The van der Waals surface area contributed by atoms with Gasteiger partial charge in [-0.3, -0.25) is 14.9 Å². The second-order valence-corrected chi connectivity index (χ2v) is 6.24. The average Bonchev–Trinajstić information content (AvgIpc) is 3.32. The molecule has 9 heteroatoms. The van der Waals surface area contributed by atoms with Crippen LogP contribution in [0.4, 0.5) is 5.69 Å². The predicted octanol–water partition coefficient (Wildman–Crippen LogP) is 3.60. The smallest absolute Gasteiger partial charge is 0.307 e. The maximum Gasteiger partial charge on any atom is 0.307 e. The Labute approximate surface area is 164 Å². The fourth-order valence-corrected chi connectivity index (χ4v) is 2.77. The second kappa shape index (κ2) is 7.39. The lowest BCUT2D eigenvalue weighted by Gasteiger charge is -1.99. The highest BCUT2D eigenvalue weighted by Gasteiger charge is 2.11. The van der Waals surface area contributed by atoms with Gasteiger partial charge >= 0.3 is 5.91 Å². The molecular weight excluding hydrogens is 374 g/mol. The number of fused-ring (bicyclic) bond motifs is 1. The van der Waals surface area contributed by atoms with E-state index in [1.807, 2.05) is 18.2 Å². The number of furan rings is 1. The number of amides is 1. The van der Waals surface area contributed by atoms with Crippen molar-refractivity contribution in [3.05, 3.63) is 87.9 Å². The average molecular weight is 389 g/mol.